The molecule has 5 rings (SSSR count). The van der Waals surface area contributed by atoms with Gasteiger partial charge in [-0.25, -0.2) is 14.3 Å². The van der Waals surface area contributed by atoms with Crippen LogP contribution >= 0.6 is 0 Å². The normalized spacial score (nSPS) is 16.5. The number of piperidine rings is 1. The van der Waals surface area contributed by atoms with E-state index < -0.39 is 0 Å². The fourth-order valence-corrected chi connectivity index (χ4v) is 5.60. The highest BCUT2D eigenvalue weighted by molar-refractivity contribution is 5.99. The number of anilines is 2. The number of hydrogen-bond acceptors (Lipinski definition) is 4. The zero-order chi connectivity index (χ0) is 29.0. The molecule has 3 amide bonds. The molecule has 2 heterocycles. The highest BCUT2D eigenvalue weighted by Crippen LogP contribution is 2.28. The lowest BCUT2D eigenvalue weighted by molar-refractivity contribution is 0.0553. The number of nitrogens with one attached hydrogen (secondary N) is 2. The van der Waals surface area contributed by atoms with Crippen molar-refractivity contribution in [1.82, 2.24) is 14.7 Å². The summed E-state index contributed by atoms with van der Waals surface area (Å²) in [4.78, 5) is 27.3. The predicted octanol–water partition coefficient (Wildman–Crippen LogP) is 7.46. The maximum absolute atomic E-state index is 13.0. The summed E-state index contributed by atoms with van der Waals surface area (Å²) in [5.41, 5.74) is 4.76. The second kappa shape index (κ2) is 12.4. The number of ether oxygens (including phenoxy) is 1. The molecule has 8 heteroatoms. The van der Waals surface area contributed by atoms with Crippen LogP contribution in [0.1, 0.15) is 76.1 Å². The summed E-state index contributed by atoms with van der Waals surface area (Å²) in [6.07, 6.45) is 7.24. The minimum Gasteiger partial charge on any atom is -0.446 e. The molecule has 2 N–H and O–H groups in total. The minimum atomic E-state index is -0.316. The number of likely N-dealkylation sites (tertiary alicyclic amines) is 1. The summed E-state index contributed by atoms with van der Waals surface area (Å²) in [6.45, 7) is 9.88. The molecular formula is C33H43N5O3. The van der Waals surface area contributed by atoms with Crippen LogP contribution in [0.15, 0.2) is 54.6 Å². The Hall–Kier alpha value is -3.81. The van der Waals surface area contributed by atoms with E-state index in [2.05, 4.69) is 43.5 Å². The number of nitrogens with zero attached hydrogens (tertiary/aromatic N) is 3. The van der Waals surface area contributed by atoms with Crippen LogP contribution < -0.4 is 10.6 Å². The Bertz CT molecular complexity index is 1330. The molecule has 1 aliphatic carbocycles. The smallest absolute Gasteiger partial charge is 0.410 e. The van der Waals surface area contributed by atoms with E-state index in [1.807, 2.05) is 54.3 Å². The number of carbonyl (C=O) groups excluding carboxylic acids is 2. The first-order valence-corrected chi connectivity index (χ1v) is 14.9. The van der Waals surface area contributed by atoms with Gasteiger partial charge in [0.25, 0.3) is 0 Å². The number of carbonyl (C=O) groups is 2. The lowest BCUT2D eigenvalue weighted by Gasteiger charge is -2.32. The van der Waals surface area contributed by atoms with Gasteiger partial charge in [0, 0.05) is 30.3 Å². The van der Waals surface area contributed by atoms with Gasteiger partial charge in [-0.15, -0.1) is 0 Å². The Morgan fingerprint density at radius 2 is 1.59 bits per heavy atom. The fraction of sp³-hybridized carbons (Fsp3) is 0.485. The molecule has 8 nitrogen and oxygen atoms in total. The first-order valence-electron chi connectivity index (χ1n) is 14.9. The molecule has 0 unspecified atom stereocenters. The van der Waals surface area contributed by atoms with Gasteiger partial charge in [0.1, 0.15) is 11.9 Å². The van der Waals surface area contributed by atoms with Gasteiger partial charge in [0.15, 0.2) is 0 Å². The molecule has 2 aliphatic rings. The quantitative estimate of drug-likeness (QED) is 0.329. The molecule has 41 heavy (non-hydrogen) atoms. The Morgan fingerprint density at radius 1 is 0.927 bits per heavy atom. The van der Waals surface area contributed by atoms with Crippen LogP contribution in [0, 0.1) is 12.8 Å². The molecule has 0 spiro atoms. The van der Waals surface area contributed by atoms with Crippen LogP contribution in [0.5, 0.6) is 0 Å². The Morgan fingerprint density at radius 3 is 2.22 bits per heavy atom. The number of aryl methyl sites for hydroxylation is 1. The number of amides is 3. The molecule has 1 saturated carbocycles. The molecule has 2 aromatic carbocycles. The monoisotopic (exact) mass is 557 g/mol. The summed E-state index contributed by atoms with van der Waals surface area (Å²) in [7, 11) is 0. The highest BCUT2D eigenvalue weighted by atomic mass is 16.6. The van der Waals surface area contributed by atoms with Crippen molar-refractivity contribution in [3.63, 3.8) is 0 Å². The van der Waals surface area contributed by atoms with Crippen molar-refractivity contribution < 1.29 is 14.3 Å². The Labute approximate surface area is 243 Å². The van der Waals surface area contributed by atoms with E-state index in [9.17, 15) is 9.59 Å². The van der Waals surface area contributed by atoms with Crippen LogP contribution in [-0.2, 0) is 16.6 Å². The van der Waals surface area contributed by atoms with Crippen molar-refractivity contribution >= 4 is 23.6 Å². The van der Waals surface area contributed by atoms with Gasteiger partial charge in [0.2, 0.25) is 0 Å². The highest BCUT2D eigenvalue weighted by Gasteiger charge is 2.27. The molecule has 218 valence electrons. The third-order valence-electron chi connectivity index (χ3n) is 8.18. The SMILES string of the molecule is Cc1ccc(-n2nc(C(C)(C)C)cc2NC(=O)Nc2ccc(CC3CCN(C(=O)OC4CCCC4)CC3)cc2)cc1. The maximum Gasteiger partial charge on any atom is 0.410 e. The summed E-state index contributed by atoms with van der Waals surface area (Å²) in [5.74, 6) is 1.15. The largest absolute Gasteiger partial charge is 0.446 e. The van der Waals surface area contributed by atoms with Crippen LogP contribution in [-0.4, -0.2) is 46.0 Å². The summed E-state index contributed by atoms with van der Waals surface area (Å²) in [6, 6.07) is 17.7. The number of hydrogen-bond donors (Lipinski definition) is 2. The van der Waals surface area contributed by atoms with Gasteiger partial charge in [-0.2, -0.15) is 5.10 Å². The van der Waals surface area contributed by atoms with Crippen molar-refractivity contribution in [2.24, 2.45) is 5.92 Å². The first kappa shape index (κ1) is 28.7. The molecule has 3 aromatic rings. The van der Waals surface area contributed by atoms with Crippen molar-refractivity contribution in [2.45, 2.75) is 84.2 Å². The van der Waals surface area contributed by atoms with Gasteiger partial charge < -0.3 is 15.0 Å². The number of aromatic nitrogens is 2. The molecule has 1 aliphatic heterocycles. The first-order chi connectivity index (χ1) is 19.6. The average Bonchev–Trinajstić information content (AvgIpc) is 3.61. The summed E-state index contributed by atoms with van der Waals surface area (Å²) < 4.78 is 7.46. The minimum absolute atomic E-state index is 0.116. The van der Waals surface area contributed by atoms with Gasteiger partial charge in [0.05, 0.1) is 11.4 Å². The topological polar surface area (TPSA) is 88.5 Å². The van der Waals surface area contributed by atoms with E-state index >= 15 is 0 Å². The van der Waals surface area contributed by atoms with E-state index in [1.165, 1.54) is 5.56 Å². The third kappa shape index (κ3) is 7.48. The average molecular weight is 558 g/mol. The molecule has 1 saturated heterocycles. The van der Waals surface area contributed by atoms with Gasteiger partial charge in [-0.1, -0.05) is 50.6 Å². The second-order valence-electron chi connectivity index (χ2n) is 12.6. The zero-order valence-corrected chi connectivity index (χ0v) is 24.8. The van der Waals surface area contributed by atoms with E-state index in [-0.39, 0.29) is 23.6 Å². The lowest BCUT2D eigenvalue weighted by atomic mass is 9.90. The maximum atomic E-state index is 13.0. The molecule has 1 aromatic heterocycles. The van der Waals surface area contributed by atoms with Crippen LogP contribution in [0.25, 0.3) is 5.69 Å². The third-order valence-corrected chi connectivity index (χ3v) is 8.18. The van der Waals surface area contributed by atoms with Crippen molar-refractivity contribution in [2.75, 3.05) is 23.7 Å². The van der Waals surface area contributed by atoms with Crippen LogP contribution in [0.2, 0.25) is 0 Å². The lowest BCUT2D eigenvalue weighted by Crippen LogP contribution is -2.40. The molecular weight excluding hydrogens is 514 g/mol. The number of urea groups is 1. The van der Waals surface area contributed by atoms with Crippen molar-refractivity contribution in [3.8, 4) is 5.69 Å². The number of benzene rings is 2. The molecule has 0 radical (unpaired) electrons. The molecule has 0 bridgehead atoms. The van der Waals surface area contributed by atoms with E-state index in [0.717, 1.165) is 80.7 Å². The van der Waals surface area contributed by atoms with Gasteiger partial charge >= 0.3 is 12.1 Å². The standard InChI is InChI=1S/C33H43N5O3/c1-23-9-15-27(16-10-23)38-30(22-29(36-38)33(2,3)4)35-31(39)34-26-13-11-24(12-14-26)21-25-17-19-37(20-18-25)32(40)41-28-7-5-6-8-28/h9-16,22,25,28H,5-8,17-21H2,1-4H3,(H2,34,35,39). The van der Waals surface area contributed by atoms with Crippen molar-refractivity contribution in [3.05, 3.63) is 71.4 Å². The zero-order valence-electron chi connectivity index (χ0n) is 24.8. The van der Waals surface area contributed by atoms with Crippen LogP contribution in [0.4, 0.5) is 21.1 Å². The summed E-state index contributed by atoms with van der Waals surface area (Å²) >= 11 is 0. The van der Waals surface area contributed by atoms with E-state index in [1.54, 1.807) is 4.68 Å². The van der Waals surface area contributed by atoms with Gasteiger partial charge in [-0.3, -0.25) is 5.32 Å². The second-order valence-corrected chi connectivity index (χ2v) is 12.6. The predicted molar refractivity (Wildman–Crippen MR) is 163 cm³/mol. The fourth-order valence-electron chi connectivity index (χ4n) is 5.60. The Balaban J connectivity index is 1.14. The molecule has 2 fully saturated rings. The number of rotatable bonds is 6. The van der Waals surface area contributed by atoms with Crippen LogP contribution in [0.3, 0.4) is 0 Å². The van der Waals surface area contributed by atoms with Gasteiger partial charge in [-0.05, 0) is 87.6 Å². The van der Waals surface area contributed by atoms with E-state index in [4.69, 9.17) is 9.84 Å². The van der Waals surface area contributed by atoms with E-state index in [0.29, 0.717) is 11.7 Å². The van der Waals surface area contributed by atoms with Crippen molar-refractivity contribution in [1.29, 1.82) is 0 Å². The summed E-state index contributed by atoms with van der Waals surface area (Å²) in [5, 5.41) is 10.7. The Kier molecular flexibility index (Phi) is 8.66. The molecule has 0 atom stereocenters.